The Morgan fingerprint density at radius 1 is 1.05 bits per heavy atom. The highest BCUT2D eigenvalue weighted by Crippen LogP contribution is 2.32. The molecule has 1 N–H and O–H groups in total. The van der Waals surface area contributed by atoms with Crippen molar-refractivity contribution >= 4 is 22.8 Å². The molecule has 6 rings (SSSR count). The number of ether oxygens (including phenoxy) is 2. The van der Waals surface area contributed by atoms with Crippen molar-refractivity contribution in [1.82, 2.24) is 24.8 Å². The predicted molar refractivity (Wildman–Crippen MR) is 143 cm³/mol. The van der Waals surface area contributed by atoms with Crippen molar-refractivity contribution in [2.24, 2.45) is 0 Å². The van der Waals surface area contributed by atoms with E-state index in [9.17, 15) is 4.79 Å². The van der Waals surface area contributed by atoms with Gasteiger partial charge in [0.1, 0.15) is 5.65 Å². The average molecular weight is 505 g/mol. The molecule has 0 aliphatic carbocycles. The largest absolute Gasteiger partial charge is 0.441 e. The summed E-state index contributed by atoms with van der Waals surface area (Å²) in [7, 11) is 0. The van der Waals surface area contributed by atoms with Crippen LogP contribution in [0.4, 0.5) is 10.5 Å². The number of carbonyl (C=O) groups is 1. The summed E-state index contributed by atoms with van der Waals surface area (Å²) in [4.78, 5) is 31.9. The lowest BCUT2D eigenvalue weighted by molar-refractivity contribution is -0.104. The number of nitrogens with one attached hydrogen (secondary N) is 1. The highest BCUT2D eigenvalue weighted by Gasteiger charge is 2.29. The molecule has 9 nitrogen and oxygen atoms in total. The number of hydrogen-bond donors (Lipinski definition) is 1. The number of piperidine rings is 1. The van der Waals surface area contributed by atoms with Gasteiger partial charge in [0.05, 0.1) is 24.6 Å². The van der Waals surface area contributed by atoms with Gasteiger partial charge in [0.25, 0.3) is 0 Å². The first-order valence-electron chi connectivity index (χ1n) is 13.5. The molecule has 196 valence electrons. The zero-order valence-corrected chi connectivity index (χ0v) is 21.7. The van der Waals surface area contributed by atoms with Crippen LogP contribution in [-0.2, 0) is 9.47 Å². The molecule has 3 aliphatic heterocycles. The summed E-state index contributed by atoms with van der Waals surface area (Å²) in [5, 5.41) is 1.08. The second kappa shape index (κ2) is 10.3. The van der Waals surface area contributed by atoms with Gasteiger partial charge in [-0.1, -0.05) is 6.07 Å². The molecule has 9 heteroatoms. The fourth-order valence-corrected chi connectivity index (χ4v) is 5.61. The Kier molecular flexibility index (Phi) is 6.73. The van der Waals surface area contributed by atoms with E-state index in [1.807, 2.05) is 6.20 Å². The molecule has 0 spiro atoms. The molecule has 0 bridgehead atoms. The Morgan fingerprint density at radius 3 is 2.49 bits per heavy atom. The fraction of sp³-hybridized carbons (Fsp3) is 0.536. The van der Waals surface area contributed by atoms with E-state index >= 15 is 0 Å². The molecule has 0 unspecified atom stereocenters. The third-order valence-corrected chi connectivity index (χ3v) is 8.06. The standard InChI is InChI=1S/C28H36N6O3/c1-19(2)32-9-6-20(7-10-32)21-3-4-24(30-16-21)25-15-23-26(5-8-29-27(23)31-25)33-11-13-34(14-12-33)28(35)37-22-17-36-18-22/h3-5,8,15-16,19-20,22H,6-7,9-14,17-18H2,1-2H3,(H,29,31). The fourth-order valence-electron chi connectivity index (χ4n) is 5.61. The van der Waals surface area contributed by atoms with Crippen LogP contribution >= 0.6 is 0 Å². The molecule has 3 fully saturated rings. The Bertz CT molecular complexity index is 1220. The monoisotopic (exact) mass is 504 g/mol. The van der Waals surface area contributed by atoms with E-state index in [4.69, 9.17) is 14.5 Å². The van der Waals surface area contributed by atoms with Gasteiger partial charge in [0.15, 0.2) is 6.10 Å². The molecule has 3 aliphatic rings. The van der Waals surface area contributed by atoms with Crippen molar-refractivity contribution < 1.29 is 14.3 Å². The summed E-state index contributed by atoms with van der Waals surface area (Å²) in [6.07, 6.45) is 5.95. The number of aromatic nitrogens is 3. The molecule has 1 amide bonds. The Morgan fingerprint density at radius 2 is 1.84 bits per heavy atom. The summed E-state index contributed by atoms with van der Waals surface area (Å²) in [6.45, 7) is 10.6. The van der Waals surface area contributed by atoms with Crippen LogP contribution in [0.15, 0.2) is 36.7 Å². The number of H-pyrrole nitrogens is 1. The molecule has 0 saturated carbocycles. The van der Waals surface area contributed by atoms with Crippen LogP contribution in [0.25, 0.3) is 22.4 Å². The third-order valence-electron chi connectivity index (χ3n) is 8.06. The van der Waals surface area contributed by atoms with Gasteiger partial charge in [0, 0.05) is 55.7 Å². The van der Waals surface area contributed by atoms with Crippen LogP contribution in [0.3, 0.4) is 0 Å². The maximum Gasteiger partial charge on any atom is 0.410 e. The predicted octanol–water partition coefficient (Wildman–Crippen LogP) is 3.87. The minimum atomic E-state index is -0.239. The van der Waals surface area contributed by atoms with Crippen LogP contribution in [0.5, 0.6) is 0 Å². The summed E-state index contributed by atoms with van der Waals surface area (Å²) < 4.78 is 10.6. The number of pyridine rings is 2. The van der Waals surface area contributed by atoms with E-state index < -0.39 is 0 Å². The van der Waals surface area contributed by atoms with Crippen LogP contribution in [0.2, 0.25) is 0 Å². The van der Waals surface area contributed by atoms with E-state index in [0.29, 0.717) is 38.3 Å². The first-order valence-corrected chi connectivity index (χ1v) is 13.5. The number of rotatable bonds is 5. The summed E-state index contributed by atoms with van der Waals surface area (Å²) in [5.41, 5.74) is 5.22. The van der Waals surface area contributed by atoms with Crippen molar-refractivity contribution in [2.75, 3.05) is 57.4 Å². The second-order valence-corrected chi connectivity index (χ2v) is 10.7. The first-order chi connectivity index (χ1) is 18.0. The van der Waals surface area contributed by atoms with Gasteiger partial charge in [-0.2, -0.15) is 0 Å². The van der Waals surface area contributed by atoms with Gasteiger partial charge >= 0.3 is 6.09 Å². The van der Waals surface area contributed by atoms with Gasteiger partial charge in [-0.25, -0.2) is 9.78 Å². The van der Waals surface area contributed by atoms with Crippen LogP contribution in [0.1, 0.15) is 38.2 Å². The summed E-state index contributed by atoms with van der Waals surface area (Å²) >= 11 is 0. The zero-order valence-electron chi connectivity index (χ0n) is 21.7. The molecule has 0 radical (unpaired) electrons. The normalized spacial score (nSPS) is 20.0. The molecule has 0 atom stereocenters. The molecule has 3 saturated heterocycles. The lowest BCUT2D eigenvalue weighted by atomic mass is 9.90. The number of fused-ring (bicyclic) bond motifs is 1. The topological polar surface area (TPSA) is 86.8 Å². The van der Waals surface area contributed by atoms with Gasteiger partial charge < -0.3 is 29.2 Å². The van der Waals surface area contributed by atoms with Crippen molar-refractivity contribution in [3.05, 3.63) is 42.2 Å². The van der Waals surface area contributed by atoms with Crippen molar-refractivity contribution in [3.8, 4) is 11.4 Å². The minimum absolute atomic E-state index is 0.0933. The van der Waals surface area contributed by atoms with Crippen LogP contribution in [-0.4, -0.2) is 95.5 Å². The molecular weight excluding hydrogens is 468 g/mol. The van der Waals surface area contributed by atoms with Crippen LogP contribution < -0.4 is 4.90 Å². The van der Waals surface area contributed by atoms with Gasteiger partial charge in [0.2, 0.25) is 0 Å². The lowest BCUT2D eigenvalue weighted by Gasteiger charge is -2.37. The molecule has 6 heterocycles. The smallest absolute Gasteiger partial charge is 0.410 e. The SMILES string of the molecule is CC(C)N1CCC(c2ccc(-c3cc4c(N5CCN(C(=O)OC6COC6)CC5)ccnc4[nH]3)nc2)CC1. The maximum atomic E-state index is 12.4. The van der Waals surface area contributed by atoms with Crippen molar-refractivity contribution in [2.45, 2.75) is 44.8 Å². The third kappa shape index (κ3) is 5.02. The van der Waals surface area contributed by atoms with Gasteiger partial charge in [-0.15, -0.1) is 0 Å². The number of nitrogens with zero attached hydrogens (tertiary/aromatic N) is 5. The molecule has 3 aromatic rings. The zero-order chi connectivity index (χ0) is 25.4. The Balaban J connectivity index is 1.13. The van der Waals surface area contributed by atoms with E-state index in [-0.39, 0.29) is 12.2 Å². The number of aromatic amines is 1. The Hall–Kier alpha value is -3.17. The average Bonchev–Trinajstić information content (AvgIpc) is 3.35. The van der Waals surface area contributed by atoms with E-state index in [2.05, 4.69) is 64.1 Å². The number of likely N-dealkylation sites (tertiary alicyclic amines) is 1. The molecule has 0 aromatic carbocycles. The molecular formula is C28H36N6O3. The van der Waals surface area contributed by atoms with Crippen molar-refractivity contribution in [3.63, 3.8) is 0 Å². The highest BCUT2D eigenvalue weighted by atomic mass is 16.6. The first kappa shape index (κ1) is 24.2. The van der Waals surface area contributed by atoms with E-state index in [1.54, 1.807) is 4.90 Å². The lowest BCUT2D eigenvalue weighted by Crippen LogP contribution is -2.51. The number of anilines is 1. The number of piperazine rings is 1. The van der Waals surface area contributed by atoms with Crippen molar-refractivity contribution in [1.29, 1.82) is 0 Å². The summed E-state index contributed by atoms with van der Waals surface area (Å²) in [6, 6.07) is 9.20. The number of hydrogen-bond acceptors (Lipinski definition) is 7. The van der Waals surface area contributed by atoms with Gasteiger partial charge in [-0.3, -0.25) is 4.98 Å². The van der Waals surface area contributed by atoms with Gasteiger partial charge in [-0.05, 0) is 69.5 Å². The maximum absolute atomic E-state index is 12.4. The number of amides is 1. The Labute approximate surface area is 217 Å². The highest BCUT2D eigenvalue weighted by molar-refractivity contribution is 5.93. The molecule has 3 aromatic heterocycles. The van der Waals surface area contributed by atoms with Crippen LogP contribution in [0, 0.1) is 0 Å². The minimum Gasteiger partial charge on any atom is -0.441 e. The second-order valence-electron chi connectivity index (χ2n) is 10.7. The van der Waals surface area contributed by atoms with E-state index in [1.165, 1.54) is 18.4 Å². The summed E-state index contributed by atoms with van der Waals surface area (Å²) in [5.74, 6) is 0.588. The number of carbonyl (C=O) groups excluding carboxylic acids is 1. The van der Waals surface area contributed by atoms with E-state index in [0.717, 1.165) is 54.3 Å². The quantitative estimate of drug-likeness (QED) is 0.564. The molecule has 37 heavy (non-hydrogen) atoms.